The largest absolute Gasteiger partial charge is 0.708 e. The number of hydrogen-bond donors (Lipinski definition) is 8. The Kier molecular flexibility index (Phi) is 10.9. The van der Waals surface area contributed by atoms with E-state index >= 15 is 0 Å². The van der Waals surface area contributed by atoms with Crippen molar-refractivity contribution in [3.05, 3.63) is 33.1 Å². The van der Waals surface area contributed by atoms with E-state index in [2.05, 4.69) is 8.83 Å². The van der Waals surface area contributed by atoms with Gasteiger partial charge in [-0.05, 0) is 17.7 Å². The van der Waals surface area contributed by atoms with Crippen LogP contribution in [0.4, 0.5) is 0 Å². The molecule has 0 aliphatic carbocycles. The Labute approximate surface area is 227 Å². The standard InChI is InChI=1S/C20H32N2O16P2/c1-9(6-23)13(25)14(26)10(5-20(2)8-34-20)18(29)37-40(32,33)38-39(31)35-7-11-15(27)16(28)17(36-11)22-4-3-12(24)21-19(22)30/h3-4,9-11,13-18,23,25-29H,5-8H2,1-2H3,(H-,21,24,30,32,33)/p+1. The van der Waals surface area contributed by atoms with Crippen LogP contribution in [-0.4, -0.2) is 107 Å². The monoisotopic (exact) mass is 619 g/mol. The Morgan fingerprint density at radius 3 is 2.48 bits per heavy atom. The lowest BCUT2D eigenvalue weighted by Gasteiger charge is -2.33. The predicted octanol–water partition coefficient (Wildman–Crippen LogP) is -2.57. The zero-order valence-electron chi connectivity index (χ0n) is 21.3. The van der Waals surface area contributed by atoms with Crippen LogP contribution in [0.15, 0.2) is 21.9 Å². The summed E-state index contributed by atoms with van der Waals surface area (Å²) < 4.78 is 49.8. The predicted molar refractivity (Wildman–Crippen MR) is 130 cm³/mol. The minimum atomic E-state index is -5.34. The van der Waals surface area contributed by atoms with E-state index in [1.54, 1.807) is 6.92 Å². The third-order valence-electron chi connectivity index (χ3n) is 6.55. The van der Waals surface area contributed by atoms with Crippen molar-refractivity contribution in [2.75, 3.05) is 19.8 Å². The Morgan fingerprint density at radius 1 is 1.25 bits per heavy atom. The van der Waals surface area contributed by atoms with Crippen LogP contribution in [0.5, 0.6) is 0 Å². The molecule has 2 aliphatic heterocycles. The molecule has 8 N–H and O–H groups in total. The first-order valence-corrected chi connectivity index (χ1v) is 14.6. The molecule has 0 saturated carbocycles. The molecule has 228 valence electrons. The maximum atomic E-state index is 12.4. The van der Waals surface area contributed by atoms with Crippen molar-refractivity contribution in [3.8, 4) is 0 Å². The highest BCUT2D eigenvalue weighted by atomic mass is 31.2. The number of nitrogens with zero attached hydrogens (tertiary/aromatic N) is 1. The smallest absolute Gasteiger partial charge is 0.396 e. The first-order valence-electron chi connectivity index (χ1n) is 12.0. The van der Waals surface area contributed by atoms with Crippen molar-refractivity contribution in [3.63, 3.8) is 0 Å². The second-order valence-electron chi connectivity index (χ2n) is 9.88. The zero-order valence-corrected chi connectivity index (χ0v) is 23.1. The van der Waals surface area contributed by atoms with Gasteiger partial charge in [0.1, 0.15) is 24.9 Å². The highest BCUT2D eigenvalue weighted by Gasteiger charge is 2.50. The summed E-state index contributed by atoms with van der Waals surface area (Å²) in [6, 6.07) is 0.973. The highest BCUT2D eigenvalue weighted by molar-refractivity contribution is 7.56. The minimum Gasteiger partial charge on any atom is -0.396 e. The van der Waals surface area contributed by atoms with Gasteiger partial charge >= 0.3 is 21.8 Å². The van der Waals surface area contributed by atoms with Gasteiger partial charge in [-0.25, -0.2) is 9.36 Å². The molecule has 2 aliphatic rings. The summed E-state index contributed by atoms with van der Waals surface area (Å²) in [5.41, 5.74) is -2.48. The summed E-state index contributed by atoms with van der Waals surface area (Å²) in [7, 11) is -8.80. The number of nitrogens with one attached hydrogen (secondary N) is 1. The fourth-order valence-electron chi connectivity index (χ4n) is 4.03. The molecule has 2 fully saturated rings. The molecule has 3 rings (SSSR count). The Balaban J connectivity index is 1.58. The molecule has 1 aromatic rings. The van der Waals surface area contributed by atoms with E-state index < -0.39 is 101 Å². The van der Waals surface area contributed by atoms with Crippen LogP contribution < -0.4 is 11.2 Å². The van der Waals surface area contributed by atoms with Crippen LogP contribution in [0.3, 0.4) is 0 Å². The normalized spacial score (nSPS) is 32.1. The SMILES string of the molecule is CC(CO)C(O)C(O)C(CC1(C)CO1)C(O)OP(=O)(O)O[P+](=O)OCC1OC(n2ccc(=O)[nH]c2=O)C(O)C1O. The van der Waals surface area contributed by atoms with E-state index in [-0.39, 0.29) is 13.0 Å². The molecule has 0 amide bonds. The molecule has 0 radical (unpaired) electrons. The molecule has 0 spiro atoms. The van der Waals surface area contributed by atoms with Crippen molar-refractivity contribution in [1.82, 2.24) is 9.55 Å². The second kappa shape index (κ2) is 13.2. The number of H-pyrrole nitrogens is 1. The van der Waals surface area contributed by atoms with Crippen molar-refractivity contribution in [1.29, 1.82) is 0 Å². The summed E-state index contributed by atoms with van der Waals surface area (Å²) >= 11 is 0. The van der Waals surface area contributed by atoms with Gasteiger partial charge in [-0.15, -0.1) is 4.52 Å². The summed E-state index contributed by atoms with van der Waals surface area (Å²) in [5, 5.41) is 61.0. The fraction of sp³-hybridized carbons (Fsp3) is 0.800. The lowest BCUT2D eigenvalue weighted by Crippen LogP contribution is -2.45. The lowest BCUT2D eigenvalue weighted by atomic mass is 9.85. The molecule has 2 saturated heterocycles. The van der Waals surface area contributed by atoms with Gasteiger partial charge in [0.2, 0.25) is 0 Å². The molecular formula is C20H33N2O16P2+. The van der Waals surface area contributed by atoms with Gasteiger partial charge in [-0.3, -0.25) is 23.8 Å². The number of epoxide rings is 1. The van der Waals surface area contributed by atoms with E-state index in [1.165, 1.54) is 6.92 Å². The second-order valence-corrected chi connectivity index (χ2v) is 12.4. The van der Waals surface area contributed by atoms with Gasteiger partial charge in [0.15, 0.2) is 12.5 Å². The number of aliphatic hydroxyl groups is 6. The van der Waals surface area contributed by atoms with E-state index in [0.29, 0.717) is 0 Å². The number of phosphoric acid groups is 1. The lowest BCUT2D eigenvalue weighted by molar-refractivity contribution is -0.149. The first-order chi connectivity index (χ1) is 18.6. The van der Waals surface area contributed by atoms with Gasteiger partial charge in [0.25, 0.3) is 5.56 Å². The number of aromatic nitrogens is 2. The Hall–Kier alpha value is -1.47. The average molecular weight is 619 g/mol. The first kappa shape index (κ1) is 33.0. The minimum absolute atomic E-state index is 0.133. The molecule has 1 aromatic heterocycles. The number of phosphoric ester groups is 1. The van der Waals surface area contributed by atoms with Crippen molar-refractivity contribution < 1.29 is 67.5 Å². The van der Waals surface area contributed by atoms with E-state index in [0.717, 1.165) is 16.8 Å². The van der Waals surface area contributed by atoms with Gasteiger partial charge in [-0.1, -0.05) is 6.92 Å². The third kappa shape index (κ3) is 8.30. The van der Waals surface area contributed by atoms with Crippen molar-refractivity contribution in [2.24, 2.45) is 11.8 Å². The number of ether oxygens (including phenoxy) is 2. The Bertz CT molecular complexity index is 1190. The zero-order chi connectivity index (χ0) is 30.0. The highest BCUT2D eigenvalue weighted by Crippen LogP contribution is 2.54. The van der Waals surface area contributed by atoms with Crippen LogP contribution in [0.1, 0.15) is 26.5 Å². The van der Waals surface area contributed by atoms with Crippen LogP contribution in [0, 0.1) is 11.8 Å². The van der Waals surface area contributed by atoms with Crippen molar-refractivity contribution in [2.45, 2.75) is 68.9 Å². The quantitative estimate of drug-likeness (QED) is 0.0569. The maximum Gasteiger partial charge on any atom is 0.708 e. The molecule has 0 aromatic carbocycles. The van der Waals surface area contributed by atoms with Crippen LogP contribution in [0.2, 0.25) is 0 Å². The fourth-order valence-corrected chi connectivity index (χ4v) is 5.74. The van der Waals surface area contributed by atoms with E-state index in [1.807, 2.05) is 4.98 Å². The van der Waals surface area contributed by atoms with E-state index in [4.69, 9.17) is 14.0 Å². The Morgan fingerprint density at radius 2 is 1.90 bits per heavy atom. The van der Waals surface area contributed by atoms with E-state index in [9.17, 15) is 54.3 Å². The van der Waals surface area contributed by atoms with Gasteiger partial charge < -0.3 is 40.1 Å². The summed E-state index contributed by atoms with van der Waals surface area (Å²) in [4.78, 5) is 35.1. The van der Waals surface area contributed by atoms with Crippen LogP contribution in [0.25, 0.3) is 0 Å². The van der Waals surface area contributed by atoms with Gasteiger partial charge in [0, 0.05) is 35.3 Å². The summed E-state index contributed by atoms with van der Waals surface area (Å²) in [6.45, 7) is 2.00. The molecule has 20 heteroatoms. The number of hydrogen-bond acceptors (Lipinski definition) is 15. The maximum absolute atomic E-state index is 12.4. The molecule has 12 atom stereocenters. The third-order valence-corrected chi connectivity index (χ3v) is 8.75. The van der Waals surface area contributed by atoms with Crippen LogP contribution in [-0.2, 0) is 32.0 Å². The number of rotatable bonds is 15. The topological polar surface area (TPSA) is 280 Å². The molecule has 12 unspecified atom stereocenters. The van der Waals surface area contributed by atoms with Crippen LogP contribution >= 0.6 is 16.1 Å². The summed E-state index contributed by atoms with van der Waals surface area (Å²) in [5.74, 6) is -2.23. The average Bonchev–Trinajstić information content (AvgIpc) is 3.54. The van der Waals surface area contributed by atoms with Gasteiger partial charge in [0.05, 0.1) is 24.4 Å². The van der Waals surface area contributed by atoms with Gasteiger partial charge in [-0.2, -0.15) is 0 Å². The molecular weight excluding hydrogens is 586 g/mol. The molecule has 40 heavy (non-hydrogen) atoms. The molecule has 18 nitrogen and oxygen atoms in total. The summed E-state index contributed by atoms with van der Waals surface area (Å²) in [6.07, 6.45) is -10.9. The number of aromatic amines is 1. The van der Waals surface area contributed by atoms with Crippen molar-refractivity contribution >= 4 is 16.1 Å². The number of aliphatic hydroxyl groups excluding tert-OH is 6. The molecule has 3 heterocycles. The molecule has 0 bridgehead atoms.